The molecule has 0 radical (unpaired) electrons. The molecule has 30 heavy (non-hydrogen) atoms. The fourth-order valence-electron chi connectivity index (χ4n) is 7.48. The van der Waals surface area contributed by atoms with E-state index in [-0.39, 0.29) is 59.6 Å². The second kappa shape index (κ2) is 7.44. The van der Waals surface area contributed by atoms with Gasteiger partial charge in [-0.3, -0.25) is 14.4 Å². The van der Waals surface area contributed by atoms with Crippen LogP contribution in [0, 0.1) is 34.0 Å². The molecule has 7 unspecified atom stereocenters. The monoisotopic (exact) mass is 416 g/mol. The van der Waals surface area contributed by atoms with Gasteiger partial charge < -0.3 is 9.84 Å². The summed E-state index contributed by atoms with van der Waals surface area (Å²) in [7, 11) is 0. The molecule has 7 atom stereocenters. The van der Waals surface area contributed by atoms with Gasteiger partial charge in [0.2, 0.25) is 0 Å². The van der Waals surface area contributed by atoms with Crippen molar-refractivity contribution >= 4 is 17.5 Å². The van der Waals surface area contributed by atoms with E-state index in [1.54, 1.807) is 12.2 Å². The van der Waals surface area contributed by atoms with Gasteiger partial charge in [0.25, 0.3) is 0 Å². The van der Waals surface area contributed by atoms with Crippen LogP contribution in [-0.2, 0) is 19.1 Å². The number of aliphatic hydroxyl groups excluding tert-OH is 1. The van der Waals surface area contributed by atoms with E-state index in [2.05, 4.69) is 20.8 Å². The molecule has 4 rings (SSSR count). The minimum absolute atomic E-state index is 0. The van der Waals surface area contributed by atoms with Crippen LogP contribution < -0.4 is 0 Å². The quantitative estimate of drug-likeness (QED) is 0.702. The molecule has 0 aliphatic heterocycles. The number of fused-ring (bicyclic) bond motifs is 5. The Morgan fingerprint density at radius 1 is 1.20 bits per heavy atom. The summed E-state index contributed by atoms with van der Waals surface area (Å²) in [6.07, 6.45) is 8.95. The number of ketones is 2. The van der Waals surface area contributed by atoms with Crippen molar-refractivity contribution in [3.8, 4) is 0 Å². The van der Waals surface area contributed by atoms with Gasteiger partial charge in [-0.2, -0.15) is 0 Å². The van der Waals surface area contributed by atoms with E-state index in [1.165, 1.54) is 6.92 Å². The highest BCUT2D eigenvalue weighted by Crippen LogP contribution is 2.71. The number of allylic oxidation sites excluding steroid dienone is 4. The van der Waals surface area contributed by atoms with Gasteiger partial charge in [0.05, 0.1) is 6.10 Å². The summed E-state index contributed by atoms with van der Waals surface area (Å²) in [5, 5.41) is 11.4. The molecule has 0 amide bonds. The molecule has 0 bridgehead atoms. The second-order valence-electron chi connectivity index (χ2n) is 10.3. The summed E-state index contributed by atoms with van der Waals surface area (Å²) in [5.41, 5.74) is 0.437. The average Bonchev–Trinajstić information content (AvgIpc) is 2.91. The highest BCUT2D eigenvalue weighted by atomic mass is 16.5. The van der Waals surface area contributed by atoms with Crippen LogP contribution in [-0.4, -0.2) is 35.4 Å². The Morgan fingerprint density at radius 2 is 1.90 bits per heavy atom. The minimum atomic E-state index is -0.535. The molecule has 166 valence electrons. The molecule has 0 saturated heterocycles. The number of hydrogen-bond acceptors (Lipinski definition) is 5. The number of rotatable bonds is 3. The Balaban J connectivity index is 0.00000256. The molecule has 0 aromatic carbocycles. The number of esters is 1. The average molecular weight is 417 g/mol. The van der Waals surface area contributed by atoms with Crippen molar-refractivity contribution in [2.24, 2.45) is 34.0 Å². The predicted octanol–water partition coefficient (Wildman–Crippen LogP) is 4.04. The van der Waals surface area contributed by atoms with Crippen LogP contribution in [0.3, 0.4) is 0 Å². The van der Waals surface area contributed by atoms with Gasteiger partial charge in [0.1, 0.15) is 6.61 Å². The first-order valence-corrected chi connectivity index (χ1v) is 10.8. The van der Waals surface area contributed by atoms with E-state index >= 15 is 0 Å². The van der Waals surface area contributed by atoms with E-state index in [4.69, 9.17) is 4.74 Å². The molecule has 3 saturated carbocycles. The number of carbonyl (C=O) groups is 3. The van der Waals surface area contributed by atoms with Crippen molar-refractivity contribution in [2.75, 3.05) is 6.61 Å². The lowest BCUT2D eigenvalue weighted by atomic mass is 9.42. The molecule has 4 aliphatic carbocycles. The van der Waals surface area contributed by atoms with Crippen LogP contribution in [0.2, 0.25) is 0 Å². The number of ether oxygens (including phenoxy) is 1. The highest BCUT2D eigenvalue weighted by molar-refractivity contribution is 6.01. The van der Waals surface area contributed by atoms with Crippen molar-refractivity contribution in [1.29, 1.82) is 0 Å². The Bertz CT molecular complexity index is 825. The summed E-state index contributed by atoms with van der Waals surface area (Å²) >= 11 is 0. The van der Waals surface area contributed by atoms with Gasteiger partial charge in [-0.15, -0.1) is 0 Å². The number of Topliss-reactive ketones (excluding diaryl/α,β-unsaturated/α-hetero) is 1. The van der Waals surface area contributed by atoms with Crippen molar-refractivity contribution < 1.29 is 24.2 Å². The first-order valence-electron chi connectivity index (χ1n) is 10.8. The lowest BCUT2D eigenvalue weighted by Crippen LogP contribution is -2.60. The van der Waals surface area contributed by atoms with Gasteiger partial charge in [0, 0.05) is 24.2 Å². The Morgan fingerprint density at radius 3 is 2.57 bits per heavy atom. The smallest absolute Gasteiger partial charge is 0.303 e. The molecule has 0 spiro atoms. The van der Waals surface area contributed by atoms with Gasteiger partial charge in [-0.05, 0) is 61.0 Å². The molecule has 3 fully saturated rings. The number of hydrogen-bond donors (Lipinski definition) is 1. The van der Waals surface area contributed by atoms with Crippen LogP contribution in [0.5, 0.6) is 0 Å². The third-order valence-electron chi connectivity index (χ3n) is 9.15. The van der Waals surface area contributed by atoms with Crippen molar-refractivity contribution in [3.05, 3.63) is 23.8 Å². The Labute approximate surface area is 179 Å². The van der Waals surface area contributed by atoms with Crippen molar-refractivity contribution in [3.63, 3.8) is 0 Å². The lowest BCUT2D eigenvalue weighted by Gasteiger charge is -2.63. The zero-order valence-electron chi connectivity index (χ0n) is 17.9. The van der Waals surface area contributed by atoms with Crippen LogP contribution in [0.1, 0.15) is 67.2 Å². The van der Waals surface area contributed by atoms with Crippen LogP contribution in [0.4, 0.5) is 0 Å². The maximum Gasteiger partial charge on any atom is 0.303 e. The first kappa shape index (κ1) is 22.9. The zero-order chi connectivity index (χ0) is 21.2. The lowest BCUT2D eigenvalue weighted by molar-refractivity contribution is -0.168. The fourth-order valence-corrected chi connectivity index (χ4v) is 7.48. The molecule has 1 N–H and O–H groups in total. The van der Waals surface area contributed by atoms with Crippen LogP contribution in [0.25, 0.3) is 0 Å². The zero-order valence-corrected chi connectivity index (χ0v) is 17.9. The molecular weight excluding hydrogens is 380 g/mol. The topological polar surface area (TPSA) is 80.7 Å². The summed E-state index contributed by atoms with van der Waals surface area (Å²) in [6, 6.07) is 0. The van der Waals surface area contributed by atoms with Gasteiger partial charge in [-0.25, -0.2) is 0 Å². The molecule has 0 heterocycles. The number of aliphatic hydroxyl groups is 1. The standard InChI is InChI=1S/C24H32O5.CH4/c1-14(25)29-13-20(28)17-8-10-23(3)18-6-5-15-11-16(26)7-9-22(15,2)21(18)19(27)12-24(17,23)4;/h7,9,11,17-19,21,27H,5-6,8,10,12-13H2,1-4H3;1H4. The highest BCUT2D eigenvalue weighted by Gasteiger charge is 2.67. The van der Waals surface area contributed by atoms with Gasteiger partial charge in [0.15, 0.2) is 11.6 Å². The van der Waals surface area contributed by atoms with Gasteiger partial charge in [-0.1, -0.05) is 39.8 Å². The Hall–Kier alpha value is -1.75. The normalized spacial score (nSPS) is 44.2. The first-order chi connectivity index (χ1) is 13.5. The van der Waals surface area contributed by atoms with Crippen LogP contribution >= 0.6 is 0 Å². The van der Waals surface area contributed by atoms with E-state index in [1.807, 2.05) is 6.08 Å². The third-order valence-corrected chi connectivity index (χ3v) is 9.15. The summed E-state index contributed by atoms with van der Waals surface area (Å²) < 4.78 is 5.00. The Kier molecular flexibility index (Phi) is 5.68. The molecular formula is C25H36O5. The van der Waals surface area contributed by atoms with E-state index in [9.17, 15) is 19.5 Å². The second-order valence-corrected chi connectivity index (χ2v) is 10.3. The van der Waals surface area contributed by atoms with E-state index in [0.717, 1.165) is 31.3 Å². The summed E-state index contributed by atoms with van der Waals surface area (Å²) in [4.78, 5) is 36.0. The number of carbonyl (C=O) groups excluding carboxylic acids is 3. The van der Waals surface area contributed by atoms with Crippen molar-refractivity contribution in [2.45, 2.75) is 73.3 Å². The minimum Gasteiger partial charge on any atom is -0.458 e. The summed E-state index contributed by atoms with van der Waals surface area (Å²) in [5.74, 6) is -0.297. The molecule has 4 aliphatic rings. The van der Waals surface area contributed by atoms with E-state index in [0.29, 0.717) is 6.42 Å². The molecule has 5 nitrogen and oxygen atoms in total. The van der Waals surface area contributed by atoms with E-state index < -0.39 is 12.1 Å². The predicted molar refractivity (Wildman–Crippen MR) is 114 cm³/mol. The molecule has 5 heteroatoms. The molecule has 0 aromatic rings. The summed E-state index contributed by atoms with van der Waals surface area (Å²) in [6.45, 7) is 7.76. The van der Waals surface area contributed by atoms with Crippen molar-refractivity contribution in [1.82, 2.24) is 0 Å². The van der Waals surface area contributed by atoms with Gasteiger partial charge >= 0.3 is 5.97 Å². The maximum atomic E-state index is 12.9. The maximum absolute atomic E-state index is 12.9. The third kappa shape index (κ3) is 3.04. The largest absolute Gasteiger partial charge is 0.458 e. The van der Waals surface area contributed by atoms with Crippen LogP contribution in [0.15, 0.2) is 23.8 Å². The molecule has 0 aromatic heterocycles. The SMILES string of the molecule is C.CC(=O)OCC(=O)C1CCC2(C)C3CCC4=CC(=O)C=CC4(C)C3C(O)CC12C. The fraction of sp³-hybridized carbons (Fsp3) is 0.720.